The van der Waals surface area contributed by atoms with Crippen LogP contribution in [0.3, 0.4) is 0 Å². The van der Waals surface area contributed by atoms with Crippen LogP contribution in [0.4, 0.5) is 5.69 Å². The number of ether oxygens (including phenoxy) is 2. The minimum Gasteiger partial charge on any atom is -0.497 e. The van der Waals surface area contributed by atoms with Gasteiger partial charge in [-0.1, -0.05) is 6.07 Å². The van der Waals surface area contributed by atoms with Gasteiger partial charge in [-0.2, -0.15) is 0 Å². The van der Waals surface area contributed by atoms with Crippen molar-refractivity contribution in [2.45, 2.75) is 6.92 Å². The van der Waals surface area contributed by atoms with E-state index in [2.05, 4.69) is 10.6 Å². The average molecular weight is 252 g/mol. The molecule has 100 valence electrons. The maximum absolute atomic E-state index is 11.6. The smallest absolute Gasteiger partial charge is 0.238 e. The van der Waals surface area contributed by atoms with Crippen molar-refractivity contribution >= 4 is 11.6 Å². The topological polar surface area (TPSA) is 59.6 Å². The molecule has 0 aromatic heterocycles. The molecule has 0 atom stereocenters. The molecule has 1 amide bonds. The molecule has 0 aliphatic carbocycles. The number of carbonyl (C=O) groups excluding carboxylic acids is 1. The summed E-state index contributed by atoms with van der Waals surface area (Å²) in [7, 11) is 1.59. The number of hydrogen-bond acceptors (Lipinski definition) is 4. The molecule has 2 N–H and O–H groups in total. The third-order valence-electron chi connectivity index (χ3n) is 2.27. The van der Waals surface area contributed by atoms with Crippen LogP contribution in [0.25, 0.3) is 0 Å². The summed E-state index contributed by atoms with van der Waals surface area (Å²) >= 11 is 0. The third kappa shape index (κ3) is 5.65. The van der Waals surface area contributed by atoms with Gasteiger partial charge in [-0.15, -0.1) is 0 Å². The maximum atomic E-state index is 11.6. The molecule has 0 unspecified atom stereocenters. The van der Waals surface area contributed by atoms with Gasteiger partial charge >= 0.3 is 0 Å². The zero-order valence-electron chi connectivity index (χ0n) is 10.9. The van der Waals surface area contributed by atoms with Crippen molar-refractivity contribution in [2.75, 3.05) is 38.7 Å². The lowest BCUT2D eigenvalue weighted by Gasteiger charge is -2.08. The molecule has 0 fully saturated rings. The van der Waals surface area contributed by atoms with Crippen LogP contribution >= 0.6 is 0 Å². The van der Waals surface area contributed by atoms with E-state index in [0.717, 1.165) is 11.4 Å². The number of nitrogens with one attached hydrogen (secondary N) is 2. The van der Waals surface area contributed by atoms with Crippen molar-refractivity contribution in [1.82, 2.24) is 5.32 Å². The molecule has 5 nitrogen and oxygen atoms in total. The third-order valence-corrected chi connectivity index (χ3v) is 2.27. The fraction of sp³-hybridized carbons (Fsp3) is 0.462. The van der Waals surface area contributed by atoms with Crippen LogP contribution in [0.2, 0.25) is 0 Å². The van der Waals surface area contributed by atoms with E-state index >= 15 is 0 Å². The second-order valence-electron chi connectivity index (χ2n) is 3.65. The summed E-state index contributed by atoms with van der Waals surface area (Å²) in [5, 5.41) is 5.79. The fourth-order valence-electron chi connectivity index (χ4n) is 1.40. The first-order chi connectivity index (χ1) is 8.76. The lowest BCUT2D eigenvalue weighted by atomic mass is 10.3. The summed E-state index contributed by atoms with van der Waals surface area (Å²) in [5.41, 5.74) is 0.728. The minimum absolute atomic E-state index is 0.0836. The Labute approximate surface area is 107 Å². The molecule has 0 aliphatic rings. The van der Waals surface area contributed by atoms with Gasteiger partial charge in [-0.3, -0.25) is 4.79 Å². The van der Waals surface area contributed by atoms with Gasteiger partial charge in [0, 0.05) is 24.9 Å². The Morgan fingerprint density at radius 1 is 1.39 bits per heavy atom. The van der Waals surface area contributed by atoms with Crippen LogP contribution in [0.1, 0.15) is 6.92 Å². The van der Waals surface area contributed by atoms with Gasteiger partial charge in [0.2, 0.25) is 5.91 Å². The predicted molar refractivity (Wildman–Crippen MR) is 71.0 cm³/mol. The average Bonchev–Trinajstić information content (AvgIpc) is 2.38. The SMILES string of the molecule is CCOCCNCC(=O)Nc1cccc(OC)c1. The molecule has 0 saturated heterocycles. The molecule has 1 aromatic rings. The van der Waals surface area contributed by atoms with Crippen molar-refractivity contribution in [1.29, 1.82) is 0 Å². The van der Waals surface area contributed by atoms with Gasteiger partial charge in [0.15, 0.2) is 0 Å². The van der Waals surface area contributed by atoms with Crippen LogP contribution in [-0.2, 0) is 9.53 Å². The zero-order chi connectivity index (χ0) is 13.2. The highest BCUT2D eigenvalue weighted by molar-refractivity contribution is 5.92. The van der Waals surface area contributed by atoms with Crippen LogP contribution in [0.5, 0.6) is 5.75 Å². The van der Waals surface area contributed by atoms with E-state index in [4.69, 9.17) is 9.47 Å². The molecule has 0 spiro atoms. The van der Waals surface area contributed by atoms with Crippen LogP contribution < -0.4 is 15.4 Å². The van der Waals surface area contributed by atoms with Gasteiger partial charge in [0.25, 0.3) is 0 Å². The van der Waals surface area contributed by atoms with Gasteiger partial charge in [-0.05, 0) is 19.1 Å². The van der Waals surface area contributed by atoms with Crippen molar-refractivity contribution in [3.05, 3.63) is 24.3 Å². The Balaban J connectivity index is 2.26. The Morgan fingerprint density at radius 2 is 2.22 bits per heavy atom. The van der Waals surface area contributed by atoms with E-state index < -0.39 is 0 Å². The number of methoxy groups -OCH3 is 1. The highest BCUT2D eigenvalue weighted by Crippen LogP contribution is 2.16. The number of amides is 1. The summed E-state index contributed by atoms with van der Waals surface area (Å²) in [6.07, 6.45) is 0. The highest BCUT2D eigenvalue weighted by atomic mass is 16.5. The van der Waals surface area contributed by atoms with E-state index in [0.29, 0.717) is 19.8 Å². The summed E-state index contributed by atoms with van der Waals surface area (Å²) < 4.78 is 10.2. The summed E-state index contributed by atoms with van der Waals surface area (Å²) in [4.78, 5) is 11.6. The Hall–Kier alpha value is -1.59. The first-order valence-corrected chi connectivity index (χ1v) is 5.98. The minimum atomic E-state index is -0.0836. The monoisotopic (exact) mass is 252 g/mol. The zero-order valence-corrected chi connectivity index (χ0v) is 10.9. The van der Waals surface area contributed by atoms with Crippen LogP contribution in [0, 0.1) is 0 Å². The lowest BCUT2D eigenvalue weighted by molar-refractivity contribution is -0.115. The number of hydrogen-bond donors (Lipinski definition) is 2. The summed E-state index contributed by atoms with van der Waals surface area (Å²) in [6.45, 7) is 4.18. The second kappa shape index (κ2) is 8.49. The molecule has 0 radical (unpaired) electrons. The van der Waals surface area contributed by atoms with Gasteiger partial charge in [0.05, 0.1) is 20.3 Å². The summed E-state index contributed by atoms with van der Waals surface area (Å²) in [6, 6.07) is 7.26. The van der Waals surface area contributed by atoms with Gasteiger partial charge in [0.1, 0.15) is 5.75 Å². The first-order valence-electron chi connectivity index (χ1n) is 5.98. The molecule has 1 aromatic carbocycles. The predicted octanol–water partition coefficient (Wildman–Crippen LogP) is 1.26. The quantitative estimate of drug-likeness (QED) is 0.684. The molecular weight excluding hydrogens is 232 g/mol. The highest BCUT2D eigenvalue weighted by Gasteiger charge is 2.02. The van der Waals surface area contributed by atoms with E-state index in [1.165, 1.54) is 0 Å². The maximum Gasteiger partial charge on any atom is 0.238 e. The van der Waals surface area contributed by atoms with E-state index in [-0.39, 0.29) is 12.5 Å². The van der Waals surface area contributed by atoms with Crippen molar-refractivity contribution in [3.63, 3.8) is 0 Å². The van der Waals surface area contributed by atoms with Crippen LogP contribution in [-0.4, -0.2) is 39.3 Å². The van der Waals surface area contributed by atoms with E-state index in [9.17, 15) is 4.79 Å². The normalized spacial score (nSPS) is 10.1. The Morgan fingerprint density at radius 3 is 2.94 bits per heavy atom. The van der Waals surface area contributed by atoms with Gasteiger partial charge < -0.3 is 20.1 Å². The van der Waals surface area contributed by atoms with Gasteiger partial charge in [-0.25, -0.2) is 0 Å². The van der Waals surface area contributed by atoms with Crippen molar-refractivity contribution in [2.24, 2.45) is 0 Å². The molecule has 0 aliphatic heterocycles. The fourth-order valence-corrected chi connectivity index (χ4v) is 1.40. The second-order valence-corrected chi connectivity index (χ2v) is 3.65. The van der Waals surface area contributed by atoms with E-state index in [1.54, 1.807) is 13.2 Å². The first kappa shape index (κ1) is 14.5. The standard InChI is InChI=1S/C13H20N2O3/c1-3-18-8-7-14-10-13(16)15-11-5-4-6-12(9-11)17-2/h4-6,9,14H,3,7-8,10H2,1-2H3,(H,15,16). The molecular formula is C13H20N2O3. The lowest BCUT2D eigenvalue weighted by Crippen LogP contribution is -2.30. The number of rotatable bonds is 8. The molecule has 1 rings (SSSR count). The molecule has 0 heterocycles. The Bertz CT molecular complexity index is 369. The van der Waals surface area contributed by atoms with Crippen molar-refractivity contribution in [3.8, 4) is 5.75 Å². The van der Waals surface area contributed by atoms with Crippen molar-refractivity contribution < 1.29 is 14.3 Å². The van der Waals surface area contributed by atoms with Crippen LogP contribution in [0.15, 0.2) is 24.3 Å². The summed E-state index contributed by atoms with van der Waals surface area (Å²) in [5.74, 6) is 0.636. The molecule has 0 saturated carbocycles. The molecule has 5 heteroatoms. The molecule has 0 bridgehead atoms. The Kier molecular flexibility index (Phi) is 6.83. The number of carbonyl (C=O) groups is 1. The number of benzene rings is 1. The number of anilines is 1. The largest absolute Gasteiger partial charge is 0.497 e. The molecule has 18 heavy (non-hydrogen) atoms. The van der Waals surface area contributed by atoms with E-state index in [1.807, 2.05) is 25.1 Å².